The summed E-state index contributed by atoms with van der Waals surface area (Å²) >= 11 is 1.41. The van der Waals surface area contributed by atoms with Crippen molar-refractivity contribution in [1.29, 1.82) is 0 Å². The SMILES string of the molecule is COc1cc(OC)c(C2SCCN2S(=O)(=O)Cc2cc(F)ccc2F)cc1OC. The molecular weight excluding hydrogens is 424 g/mol. The van der Waals surface area contributed by atoms with Crippen molar-refractivity contribution in [2.75, 3.05) is 33.6 Å². The van der Waals surface area contributed by atoms with Crippen LogP contribution in [0.3, 0.4) is 0 Å². The van der Waals surface area contributed by atoms with Gasteiger partial charge in [-0.05, 0) is 24.3 Å². The highest BCUT2D eigenvalue weighted by Gasteiger charge is 2.38. The summed E-state index contributed by atoms with van der Waals surface area (Å²) in [5.74, 6) is -0.209. The van der Waals surface area contributed by atoms with Gasteiger partial charge >= 0.3 is 0 Å². The smallest absolute Gasteiger partial charge is 0.219 e. The molecule has 1 fully saturated rings. The molecule has 0 N–H and O–H groups in total. The average molecular weight is 446 g/mol. The van der Waals surface area contributed by atoms with Crippen LogP contribution in [0.4, 0.5) is 8.78 Å². The van der Waals surface area contributed by atoms with Gasteiger partial charge in [-0.2, -0.15) is 4.31 Å². The molecular formula is C19H21F2NO5S2. The summed E-state index contributed by atoms with van der Waals surface area (Å²) in [6.45, 7) is 0.242. The molecule has 1 aliphatic heterocycles. The number of nitrogens with zero attached hydrogens (tertiary/aromatic N) is 1. The maximum atomic E-state index is 14.0. The van der Waals surface area contributed by atoms with Gasteiger partial charge in [-0.3, -0.25) is 0 Å². The molecule has 1 unspecified atom stereocenters. The second kappa shape index (κ2) is 8.76. The zero-order valence-electron chi connectivity index (χ0n) is 16.1. The Labute approximate surface area is 172 Å². The first kappa shape index (κ1) is 21.7. The number of methoxy groups -OCH3 is 3. The van der Waals surface area contributed by atoms with Gasteiger partial charge in [0, 0.05) is 29.5 Å². The minimum atomic E-state index is -3.93. The normalized spacial score (nSPS) is 17.3. The van der Waals surface area contributed by atoms with Gasteiger partial charge in [0.15, 0.2) is 11.5 Å². The molecule has 1 heterocycles. The lowest BCUT2D eigenvalue weighted by Gasteiger charge is -2.25. The summed E-state index contributed by atoms with van der Waals surface area (Å²) in [6, 6.07) is 6.08. The monoisotopic (exact) mass is 445 g/mol. The Balaban J connectivity index is 1.98. The van der Waals surface area contributed by atoms with Gasteiger partial charge in [-0.25, -0.2) is 17.2 Å². The van der Waals surface area contributed by atoms with Crippen molar-refractivity contribution in [3.05, 3.63) is 53.1 Å². The van der Waals surface area contributed by atoms with Crippen molar-refractivity contribution in [3.63, 3.8) is 0 Å². The van der Waals surface area contributed by atoms with Crippen LogP contribution in [0.2, 0.25) is 0 Å². The lowest BCUT2D eigenvalue weighted by molar-refractivity contribution is 0.344. The van der Waals surface area contributed by atoms with E-state index < -0.39 is 32.8 Å². The van der Waals surface area contributed by atoms with Gasteiger partial charge in [-0.15, -0.1) is 11.8 Å². The topological polar surface area (TPSA) is 65.1 Å². The summed E-state index contributed by atoms with van der Waals surface area (Å²) in [5.41, 5.74) is 0.385. The van der Waals surface area contributed by atoms with Gasteiger partial charge in [0.25, 0.3) is 0 Å². The molecule has 1 saturated heterocycles. The van der Waals surface area contributed by atoms with Crippen molar-refractivity contribution in [2.45, 2.75) is 11.1 Å². The average Bonchev–Trinajstić information content (AvgIpc) is 3.20. The molecule has 0 spiro atoms. The zero-order valence-corrected chi connectivity index (χ0v) is 17.8. The van der Waals surface area contributed by atoms with Crippen LogP contribution < -0.4 is 14.2 Å². The van der Waals surface area contributed by atoms with Crippen LogP contribution in [-0.2, 0) is 15.8 Å². The predicted octanol–water partition coefficient (Wildman–Crippen LogP) is 3.57. The van der Waals surface area contributed by atoms with E-state index in [9.17, 15) is 17.2 Å². The largest absolute Gasteiger partial charge is 0.496 e. The first-order valence-corrected chi connectivity index (χ1v) is 11.3. The molecule has 0 bridgehead atoms. The van der Waals surface area contributed by atoms with Crippen LogP contribution >= 0.6 is 11.8 Å². The first-order chi connectivity index (χ1) is 13.8. The summed E-state index contributed by atoms with van der Waals surface area (Å²) in [4.78, 5) is 0. The van der Waals surface area contributed by atoms with Crippen LogP contribution in [0.5, 0.6) is 17.2 Å². The highest BCUT2D eigenvalue weighted by atomic mass is 32.2. The minimum Gasteiger partial charge on any atom is -0.496 e. The minimum absolute atomic E-state index is 0.208. The predicted molar refractivity (Wildman–Crippen MR) is 107 cm³/mol. The maximum absolute atomic E-state index is 14.0. The summed E-state index contributed by atoms with van der Waals surface area (Å²) < 4.78 is 70.9. The molecule has 0 aromatic heterocycles. The quantitative estimate of drug-likeness (QED) is 0.649. The second-order valence-corrected chi connectivity index (χ2v) is 9.38. The van der Waals surface area contributed by atoms with E-state index >= 15 is 0 Å². The highest BCUT2D eigenvalue weighted by molar-refractivity contribution is 8.00. The molecule has 10 heteroatoms. The lowest BCUT2D eigenvalue weighted by atomic mass is 10.1. The third kappa shape index (κ3) is 4.44. The molecule has 0 amide bonds. The number of hydrogen-bond acceptors (Lipinski definition) is 6. The standard InChI is InChI=1S/C19H21F2NO5S2/c1-25-16-10-18(27-3)17(26-2)9-14(16)19-22(6-7-28-19)29(23,24)11-12-8-13(20)4-5-15(12)21/h4-5,8-10,19H,6-7,11H2,1-3H3. The number of hydrogen-bond donors (Lipinski definition) is 0. The fraction of sp³-hybridized carbons (Fsp3) is 0.368. The second-order valence-electron chi connectivity index (χ2n) is 6.27. The number of thioether (sulfide) groups is 1. The van der Waals surface area contributed by atoms with Gasteiger partial charge in [0.2, 0.25) is 10.0 Å². The molecule has 29 heavy (non-hydrogen) atoms. The van der Waals surface area contributed by atoms with Crippen molar-refractivity contribution in [1.82, 2.24) is 4.31 Å². The van der Waals surface area contributed by atoms with E-state index in [1.54, 1.807) is 12.1 Å². The van der Waals surface area contributed by atoms with Crippen LogP contribution in [0.25, 0.3) is 0 Å². The van der Waals surface area contributed by atoms with Crippen LogP contribution in [0.15, 0.2) is 30.3 Å². The van der Waals surface area contributed by atoms with Gasteiger partial charge in [0.1, 0.15) is 17.4 Å². The Kier molecular flexibility index (Phi) is 6.55. The highest BCUT2D eigenvalue weighted by Crippen LogP contribution is 2.47. The summed E-state index contributed by atoms with van der Waals surface area (Å²) in [5, 5.41) is -0.591. The number of rotatable bonds is 7. The van der Waals surface area contributed by atoms with Crippen molar-refractivity contribution >= 4 is 21.8 Å². The molecule has 158 valence electrons. The van der Waals surface area contributed by atoms with Crippen LogP contribution in [0.1, 0.15) is 16.5 Å². The molecule has 1 atom stereocenters. The molecule has 3 rings (SSSR count). The summed E-state index contributed by atoms with van der Waals surface area (Å²) in [6.07, 6.45) is 0. The number of benzene rings is 2. The zero-order chi connectivity index (χ0) is 21.2. The fourth-order valence-electron chi connectivity index (χ4n) is 3.16. The Hall–Kier alpha value is -2.04. The first-order valence-electron chi connectivity index (χ1n) is 8.65. The van der Waals surface area contributed by atoms with E-state index in [4.69, 9.17) is 14.2 Å². The van der Waals surface area contributed by atoms with E-state index in [0.29, 0.717) is 28.6 Å². The molecule has 0 saturated carbocycles. The van der Waals surface area contributed by atoms with Gasteiger partial charge < -0.3 is 14.2 Å². The van der Waals surface area contributed by atoms with Crippen LogP contribution in [-0.4, -0.2) is 46.4 Å². The van der Waals surface area contributed by atoms with E-state index in [1.165, 1.54) is 37.4 Å². The lowest BCUT2D eigenvalue weighted by Crippen LogP contribution is -2.32. The molecule has 1 aliphatic rings. The number of ether oxygens (including phenoxy) is 3. The summed E-state index contributed by atoms with van der Waals surface area (Å²) in [7, 11) is 0.521. The molecule has 0 aliphatic carbocycles. The van der Waals surface area contributed by atoms with Crippen molar-refractivity contribution in [3.8, 4) is 17.2 Å². The third-order valence-corrected chi connectivity index (χ3v) is 7.71. The van der Waals surface area contributed by atoms with Gasteiger partial charge in [-0.1, -0.05) is 0 Å². The molecule has 2 aromatic carbocycles. The number of sulfonamides is 1. The molecule has 0 radical (unpaired) electrons. The van der Waals surface area contributed by atoms with Crippen molar-refractivity contribution in [2.24, 2.45) is 0 Å². The van der Waals surface area contributed by atoms with E-state index in [2.05, 4.69) is 0 Å². The Morgan fingerprint density at radius 2 is 1.69 bits per heavy atom. The Morgan fingerprint density at radius 3 is 2.34 bits per heavy atom. The van der Waals surface area contributed by atoms with E-state index in [1.807, 2.05) is 0 Å². The van der Waals surface area contributed by atoms with Crippen molar-refractivity contribution < 1.29 is 31.4 Å². The van der Waals surface area contributed by atoms with Crippen LogP contribution in [0, 0.1) is 11.6 Å². The number of halogens is 2. The molecule has 2 aromatic rings. The Morgan fingerprint density at radius 1 is 1.03 bits per heavy atom. The third-order valence-electron chi connectivity index (χ3n) is 4.55. The van der Waals surface area contributed by atoms with E-state index in [0.717, 1.165) is 18.2 Å². The molecule has 6 nitrogen and oxygen atoms in total. The van der Waals surface area contributed by atoms with Gasteiger partial charge in [0.05, 0.1) is 32.5 Å². The fourth-order valence-corrected chi connectivity index (χ4v) is 6.57. The maximum Gasteiger partial charge on any atom is 0.219 e. The Bertz CT molecular complexity index is 1000. The van der Waals surface area contributed by atoms with E-state index in [-0.39, 0.29) is 12.1 Å².